The van der Waals surface area contributed by atoms with E-state index in [0.717, 1.165) is 18.7 Å². The summed E-state index contributed by atoms with van der Waals surface area (Å²) < 4.78 is 10.9. The molecule has 0 aliphatic heterocycles. The summed E-state index contributed by atoms with van der Waals surface area (Å²) in [6.07, 6.45) is 2.88. The van der Waals surface area contributed by atoms with Gasteiger partial charge in [0.25, 0.3) is 0 Å². The molecular formula is C7H16OP+. The Morgan fingerprint density at radius 1 is 1.44 bits per heavy atom. The Morgan fingerprint density at radius 2 is 2.00 bits per heavy atom. The fourth-order valence-electron chi connectivity index (χ4n) is 0.560. The molecule has 0 heterocycles. The summed E-state index contributed by atoms with van der Waals surface area (Å²) in [4.78, 5) is 0. The maximum Gasteiger partial charge on any atom is 0.338 e. The Balaban J connectivity index is 3.17. The van der Waals surface area contributed by atoms with Crippen molar-refractivity contribution in [2.24, 2.45) is 5.92 Å². The molecule has 0 aromatic rings. The molecule has 0 aliphatic rings. The average Bonchev–Trinajstić information content (AvgIpc) is 1.83. The predicted octanol–water partition coefficient (Wildman–Crippen LogP) is 2.88. The summed E-state index contributed by atoms with van der Waals surface area (Å²) in [5.41, 5.74) is 0. The minimum atomic E-state index is -0.861. The van der Waals surface area contributed by atoms with Crippen molar-refractivity contribution in [2.75, 3.05) is 12.3 Å². The highest BCUT2D eigenvalue weighted by atomic mass is 31.1. The van der Waals surface area contributed by atoms with E-state index >= 15 is 0 Å². The van der Waals surface area contributed by atoms with Crippen LogP contribution in [0.15, 0.2) is 0 Å². The van der Waals surface area contributed by atoms with Crippen LogP contribution in [0, 0.1) is 5.92 Å². The first kappa shape index (κ1) is 9.10. The molecule has 0 aromatic carbocycles. The van der Waals surface area contributed by atoms with Gasteiger partial charge in [0.05, 0.1) is 0 Å². The molecule has 0 rings (SSSR count). The molecule has 1 atom stereocenters. The topological polar surface area (TPSA) is 17.1 Å². The van der Waals surface area contributed by atoms with Gasteiger partial charge in [-0.1, -0.05) is 18.4 Å². The minimum Gasteiger partial charge on any atom is -0.0749 e. The molecule has 9 heavy (non-hydrogen) atoms. The molecule has 0 aromatic heterocycles. The zero-order chi connectivity index (χ0) is 7.28. The van der Waals surface area contributed by atoms with Gasteiger partial charge in [-0.2, -0.15) is 0 Å². The lowest BCUT2D eigenvalue weighted by molar-refractivity contribution is 0.574. The van der Waals surface area contributed by atoms with Crippen molar-refractivity contribution in [3.05, 3.63) is 0 Å². The lowest BCUT2D eigenvalue weighted by Gasteiger charge is -1.94. The zero-order valence-electron chi connectivity index (χ0n) is 6.55. The van der Waals surface area contributed by atoms with Crippen molar-refractivity contribution < 1.29 is 4.57 Å². The monoisotopic (exact) mass is 147 g/mol. The highest BCUT2D eigenvalue weighted by molar-refractivity contribution is 7.44. The molecule has 0 radical (unpaired) electrons. The van der Waals surface area contributed by atoms with E-state index in [0.29, 0.717) is 5.92 Å². The van der Waals surface area contributed by atoms with Gasteiger partial charge in [0, 0.05) is 0 Å². The second-order valence-electron chi connectivity index (χ2n) is 2.70. The van der Waals surface area contributed by atoms with Crippen molar-refractivity contribution in [3.63, 3.8) is 0 Å². The molecule has 54 valence electrons. The van der Waals surface area contributed by atoms with Gasteiger partial charge in [0.1, 0.15) is 12.3 Å². The van der Waals surface area contributed by atoms with Crippen molar-refractivity contribution in [2.45, 2.75) is 27.2 Å². The summed E-state index contributed by atoms with van der Waals surface area (Å²) in [5, 5.41) is 0. The van der Waals surface area contributed by atoms with Crippen LogP contribution in [0.25, 0.3) is 0 Å². The third-order valence-electron chi connectivity index (χ3n) is 1.31. The van der Waals surface area contributed by atoms with Crippen LogP contribution in [-0.2, 0) is 4.57 Å². The fourth-order valence-corrected chi connectivity index (χ4v) is 1.68. The first-order valence-electron chi connectivity index (χ1n) is 3.59. The Morgan fingerprint density at radius 3 is 2.33 bits per heavy atom. The Labute approximate surface area is 58.6 Å². The van der Waals surface area contributed by atoms with Crippen LogP contribution in [0.1, 0.15) is 27.2 Å². The van der Waals surface area contributed by atoms with Crippen molar-refractivity contribution in [1.82, 2.24) is 0 Å². The largest absolute Gasteiger partial charge is 0.338 e. The maximum absolute atomic E-state index is 10.9. The second kappa shape index (κ2) is 4.93. The van der Waals surface area contributed by atoms with E-state index in [9.17, 15) is 4.57 Å². The Bertz CT molecular complexity index is 88.9. The van der Waals surface area contributed by atoms with Gasteiger partial charge >= 0.3 is 7.80 Å². The quantitative estimate of drug-likeness (QED) is 0.559. The molecule has 0 fully saturated rings. The third kappa shape index (κ3) is 5.98. The molecule has 0 aliphatic carbocycles. The molecule has 0 bridgehead atoms. The molecule has 0 spiro atoms. The van der Waals surface area contributed by atoms with E-state index < -0.39 is 7.80 Å². The molecule has 1 nitrogen and oxygen atoms in total. The average molecular weight is 147 g/mol. The molecule has 0 saturated heterocycles. The van der Waals surface area contributed by atoms with Crippen molar-refractivity contribution >= 4 is 7.80 Å². The maximum atomic E-state index is 10.9. The van der Waals surface area contributed by atoms with Crippen LogP contribution in [0.5, 0.6) is 0 Å². The SMILES string of the molecule is CC[P+](=O)CCC(C)C. The summed E-state index contributed by atoms with van der Waals surface area (Å²) in [5.74, 6) is 0.704. The summed E-state index contributed by atoms with van der Waals surface area (Å²) in [7, 11) is -0.861. The fraction of sp³-hybridized carbons (Fsp3) is 1.00. The van der Waals surface area contributed by atoms with Gasteiger partial charge in [-0.15, -0.1) is 0 Å². The minimum absolute atomic E-state index is 0.704. The first-order chi connectivity index (χ1) is 4.16. The first-order valence-corrected chi connectivity index (χ1v) is 5.22. The molecule has 0 amide bonds. The highest BCUT2D eigenvalue weighted by Gasteiger charge is 2.10. The van der Waals surface area contributed by atoms with E-state index in [1.165, 1.54) is 0 Å². The van der Waals surface area contributed by atoms with Gasteiger partial charge in [-0.05, 0) is 19.3 Å². The summed E-state index contributed by atoms with van der Waals surface area (Å²) in [6.45, 7) is 6.32. The molecule has 0 saturated carbocycles. The Hall–Kier alpha value is 0.100. The van der Waals surface area contributed by atoms with Crippen LogP contribution in [0.3, 0.4) is 0 Å². The van der Waals surface area contributed by atoms with E-state index in [1.54, 1.807) is 0 Å². The van der Waals surface area contributed by atoms with Crippen molar-refractivity contribution in [1.29, 1.82) is 0 Å². The van der Waals surface area contributed by atoms with Gasteiger partial charge in [-0.3, -0.25) is 0 Å². The summed E-state index contributed by atoms with van der Waals surface area (Å²) in [6, 6.07) is 0. The number of hydrogen-bond acceptors (Lipinski definition) is 1. The highest BCUT2D eigenvalue weighted by Crippen LogP contribution is 2.21. The van der Waals surface area contributed by atoms with Crippen LogP contribution in [0.4, 0.5) is 0 Å². The van der Waals surface area contributed by atoms with E-state index in [4.69, 9.17) is 0 Å². The zero-order valence-corrected chi connectivity index (χ0v) is 7.45. The lowest BCUT2D eigenvalue weighted by atomic mass is 10.2. The van der Waals surface area contributed by atoms with Gasteiger partial charge < -0.3 is 0 Å². The van der Waals surface area contributed by atoms with Crippen LogP contribution >= 0.6 is 7.80 Å². The van der Waals surface area contributed by atoms with E-state index in [-0.39, 0.29) is 0 Å². The molecule has 2 heteroatoms. The van der Waals surface area contributed by atoms with E-state index in [2.05, 4.69) is 13.8 Å². The molecule has 1 unspecified atom stereocenters. The van der Waals surface area contributed by atoms with Gasteiger partial charge in [0.2, 0.25) is 0 Å². The van der Waals surface area contributed by atoms with Gasteiger partial charge in [-0.25, -0.2) is 0 Å². The van der Waals surface area contributed by atoms with Crippen LogP contribution in [0.2, 0.25) is 0 Å². The van der Waals surface area contributed by atoms with Crippen LogP contribution in [-0.4, -0.2) is 12.3 Å². The molecular weight excluding hydrogens is 131 g/mol. The van der Waals surface area contributed by atoms with E-state index in [1.807, 2.05) is 6.92 Å². The normalized spacial score (nSPS) is 12.2. The van der Waals surface area contributed by atoms with Gasteiger partial charge in [0.15, 0.2) is 0 Å². The van der Waals surface area contributed by atoms with Crippen LogP contribution < -0.4 is 0 Å². The number of rotatable bonds is 4. The Kier molecular flexibility index (Phi) is 4.99. The predicted molar refractivity (Wildman–Crippen MR) is 42.5 cm³/mol. The standard InChI is InChI=1S/C7H16OP/c1-4-9(8)6-5-7(2)3/h7H,4-6H2,1-3H3/q+1. The lowest BCUT2D eigenvalue weighted by Crippen LogP contribution is -1.89. The van der Waals surface area contributed by atoms with Crippen molar-refractivity contribution in [3.8, 4) is 0 Å². The third-order valence-corrected chi connectivity index (χ3v) is 2.77. The molecule has 0 N–H and O–H groups in total. The number of hydrogen-bond donors (Lipinski definition) is 0. The smallest absolute Gasteiger partial charge is 0.0749 e. The summed E-state index contributed by atoms with van der Waals surface area (Å²) >= 11 is 0. The second-order valence-corrected chi connectivity index (χ2v) is 4.75.